The van der Waals surface area contributed by atoms with E-state index in [2.05, 4.69) is 10.3 Å². The maximum atomic E-state index is 13.6. The SMILES string of the molecule is Cc1cccc(NC(=O)C[C@@H]2SC(N3N=C(c4ccc(Cl)cc4)C[C@H]3c3ccc(F)cc3)=NC2=O)c1. The Bertz CT molecular complexity index is 1380. The third kappa shape index (κ3) is 5.34. The molecule has 1 N–H and O–H groups in total. The lowest BCUT2D eigenvalue weighted by molar-refractivity contribution is -0.121. The summed E-state index contributed by atoms with van der Waals surface area (Å²) < 4.78 is 13.6. The number of amidine groups is 1. The number of aliphatic imine (C=N–C) groups is 1. The highest BCUT2D eigenvalue weighted by atomic mass is 35.5. The van der Waals surface area contributed by atoms with Crippen molar-refractivity contribution >= 4 is 51.7 Å². The van der Waals surface area contributed by atoms with Crippen LogP contribution in [0.15, 0.2) is 82.9 Å². The van der Waals surface area contributed by atoms with Gasteiger partial charge in [-0.1, -0.05) is 59.8 Å². The number of amides is 2. The van der Waals surface area contributed by atoms with E-state index in [0.29, 0.717) is 22.3 Å². The minimum atomic E-state index is -0.645. The fourth-order valence-corrected chi connectivity index (χ4v) is 5.34. The maximum Gasteiger partial charge on any atom is 0.262 e. The van der Waals surface area contributed by atoms with Gasteiger partial charge in [0.2, 0.25) is 5.91 Å². The molecule has 2 aliphatic heterocycles. The Morgan fingerprint density at radius 3 is 2.61 bits per heavy atom. The van der Waals surface area contributed by atoms with Gasteiger partial charge in [0.1, 0.15) is 11.1 Å². The van der Waals surface area contributed by atoms with E-state index >= 15 is 0 Å². The van der Waals surface area contributed by atoms with Crippen LogP contribution in [0.4, 0.5) is 10.1 Å². The van der Waals surface area contributed by atoms with Gasteiger partial charge in [0, 0.05) is 23.6 Å². The Hall–Kier alpha value is -3.49. The quantitative estimate of drug-likeness (QED) is 0.450. The number of aryl methyl sites for hydroxylation is 1. The summed E-state index contributed by atoms with van der Waals surface area (Å²) >= 11 is 7.27. The van der Waals surface area contributed by atoms with Gasteiger partial charge in [-0.05, 0) is 60.0 Å². The van der Waals surface area contributed by atoms with Crippen molar-refractivity contribution in [1.29, 1.82) is 0 Å². The predicted octanol–water partition coefficient (Wildman–Crippen LogP) is 5.97. The van der Waals surface area contributed by atoms with Crippen molar-refractivity contribution in [2.45, 2.75) is 31.1 Å². The Balaban J connectivity index is 1.35. The topological polar surface area (TPSA) is 74.1 Å². The summed E-state index contributed by atoms with van der Waals surface area (Å²) in [5.74, 6) is -0.961. The second kappa shape index (κ2) is 10.2. The highest BCUT2D eigenvalue weighted by Crippen LogP contribution is 2.38. The van der Waals surface area contributed by atoms with E-state index < -0.39 is 5.25 Å². The van der Waals surface area contributed by atoms with Crippen molar-refractivity contribution in [3.8, 4) is 0 Å². The van der Waals surface area contributed by atoms with Gasteiger partial charge in [0.05, 0.1) is 11.8 Å². The maximum absolute atomic E-state index is 13.6. The minimum absolute atomic E-state index is 0.00669. The summed E-state index contributed by atoms with van der Waals surface area (Å²) in [5.41, 5.74) is 4.26. The molecule has 0 spiro atoms. The van der Waals surface area contributed by atoms with Crippen molar-refractivity contribution in [1.82, 2.24) is 5.01 Å². The Kier molecular flexibility index (Phi) is 6.89. The average Bonchev–Trinajstić information content (AvgIpc) is 3.44. The zero-order chi connectivity index (χ0) is 25.2. The second-order valence-corrected chi connectivity index (χ2v) is 10.2. The number of hydrazone groups is 1. The molecule has 2 amide bonds. The first-order valence-electron chi connectivity index (χ1n) is 11.4. The van der Waals surface area contributed by atoms with E-state index in [4.69, 9.17) is 16.7 Å². The number of halogens is 2. The largest absolute Gasteiger partial charge is 0.326 e. The Morgan fingerprint density at radius 2 is 1.89 bits per heavy atom. The molecule has 36 heavy (non-hydrogen) atoms. The molecule has 2 atom stereocenters. The lowest BCUT2D eigenvalue weighted by Crippen LogP contribution is -2.25. The van der Waals surface area contributed by atoms with E-state index in [9.17, 15) is 14.0 Å². The zero-order valence-corrected chi connectivity index (χ0v) is 20.9. The molecule has 9 heteroatoms. The number of nitrogens with one attached hydrogen (secondary N) is 1. The summed E-state index contributed by atoms with van der Waals surface area (Å²) in [5, 5.41) is 9.74. The van der Waals surface area contributed by atoms with Crippen LogP contribution in [0.25, 0.3) is 0 Å². The van der Waals surface area contributed by atoms with Crippen LogP contribution in [0.1, 0.15) is 35.6 Å². The van der Waals surface area contributed by atoms with Crippen LogP contribution in [-0.2, 0) is 9.59 Å². The van der Waals surface area contributed by atoms with Crippen LogP contribution in [0, 0.1) is 12.7 Å². The van der Waals surface area contributed by atoms with Crippen molar-refractivity contribution in [3.05, 3.63) is 100 Å². The second-order valence-electron chi connectivity index (χ2n) is 8.63. The number of rotatable bonds is 5. The van der Waals surface area contributed by atoms with Gasteiger partial charge < -0.3 is 5.32 Å². The third-order valence-corrected chi connectivity index (χ3v) is 7.33. The number of hydrogen-bond donors (Lipinski definition) is 1. The van der Waals surface area contributed by atoms with Crippen LogP contribution in [-0.4, -0.2) is 33.0 Å². The number of carbonyl (C=O) groups is 2. The molecule has 0 saturated carbocycles. The molecular weight excluding hydrogens is 499 g/mol. The minimum Gasteiger partial charge on any atom is -0.326 e. The first kappa shape index (κ1) is 24.2. The van der Waals surface area contributed by atoms with Crippen LogP contribution in [0.5, 0.6) is 0 Å². The number of anilines is 1. The Labute approximate surface area is 217 Å². The van der Waals surface area contributed by atoms with Crippen molar-refractivity contribution < 1.29 is 14.0 Å². The van der Waals surface area contributed by atoms with E-state index in [1.165, 1.54) is 23.9 Å². The van der Waals surface area contributed by atoms with Gasteiger partial charge in [-0.15, -0.1) is 0 Å². The monoisotopic (exact) mass is 520 g/mol. The molecule has 0 aliphatic carbocycles. The third-order valence-electron chi connectivity index (χ3n) is 5.94. The summed E-state index contributed by atoms with van der Waals surface area (Å²) in [6, 6.07) is 20.8. The van der Waals surface area contributed by atoms with Gasteiger partial charge >= 0.3 is 0 Å². The molecule has 3 aromatic carbocycles. The number of carbonyl (C=O) groups excluding carboxylic acids is 2. The number of nitrogens with zero attached hydrogens (tertiary/aromatic N) is 3. The zero-order valence-electron chi connectivity index (χ0n) is 19.3. The standard InChI is InChI=1S/C27H22ClFN4O2S/c1-16-3-2-4-21(13-16)30-25(34)15-24-26(35)31-27(36-24)33-23(18-7-11-20(29)12-8-18)14-22(32-33)17-5-9-19(28)10-6-17/h2-13,23-24H,14-15H2,1H3,(H,30,34)/t23-,24-/m0/s1. The van der Waals surface area contributed by atoms with Crippen LogP contribution in [0.3, 0.4) is 0 Å². The van der Waals surface area contributed by atoms with E-state index in [1.54, 1.807) is 35.3 Å². The summed E-state index contributed by atoms with van der Waals surface area (Å²) in [4.78, 5) is 29.6. The fraction of sp³-hybridized carbons (Fsp3) is 0.185. The van der Waals surface area contributed by atoms with E-state index in [1.807, 2.05) is 37.3 Å². The predicted molar refractivity (Wildman–Crippen MR) is 142 cm³/mol. The molecule has 3 aromatic rings. The first-order chi connectivity index (χ1) is 17.4. The van der Waals surface area contributed by atoms with Gasteiger partial charge in [-0.3, -0.25) is 9.59 Å². The fourth-order valence-electron chi connectivity index (χ4n) is 4.16. The number of thioether (sulfide) groups is 1. The van der Waals surface area contributed by atoms with E-state index in [-0.39, 0.29) is 30.1 Å². The summed E-state index contributed by atoms with van der Waals surface area (Å²) in [6.07, 6.45) is 0.535. The van der Waals surface area contributed by atoms with Crippen molar-refractivity contribution in [3.63, 3.8) is 0 Å². The number of benzene rings is 3. The van der Waals surface area contributed by atoms with Gasteiger partial charge in [0.15, 0.2) is 5.17 Å². The van der Waals surface area contributed by atoms with Crippen LogP contribution >= 0.6 is 23.4 Å². The molecule has 0 bridgehead atoms. The molecule has 0 aromatic heterocycles. The molecule has 182 valence electrons. The van der Waals surface area contributed by atoms with Crippen molar-refractivity contribution in [2.75, 3.05) is 5.32 Å². The summed E-state index contributed by atoms with van der Waals surface area (Å²) in [6.45, 7) is 1.94. The van der Waals surface area contributed by atoms with Crippen molar-refractivity contribution in [2.24, 2.45) is 10.1 Å². The van der Waals surface area contributed by atoms with Gasteiger partial charge in [0.25, 0.3) is 5.91 Å². The smallest absolute Gasteiger partial charge is 0.262 e. The lowest BCUT2D eigenvalue weighted by Gasteiger charge is -2.23. The highest BCUT2D eigenvalue weighted by Gasteiger charge is 2.39. The molecule has 0 saturated heterocycles. The number of hydrogen-bond acceptors (Lipinski definition) is 5. The molecule has 0 fully saturated rings. The molecule has 0 unspecified atom stereocenters. The lowest BCUT2D eigenvalue weighted by atomic mass is 9.98. The normalized spacial score (nSPS) is 19.3. The molecule has 2 heterocycles. The van der Waals surface area contributed by atoms with Gasteiger partial charge in [-0.2, -0.15) is 10.1 Å². The molecule has 0 radical (unpaired) electrons. The summed E-state index contributed by atoms with van der Waals surface area (Å²) in [7, 11) is 0. The Morgan fingerprint density at radius 1 is 1.14 bits per heavy atom. The molecule has 2 aliphatic rings. The van der Waals surface area contributed by atoms with E-state index in [0.717, 1.165) is 22.4 Å². The molecule has 6 nitrogen and oxygen atoms in total. The van der Waals surface area contributed by atoms with Crippen LogP contribution < -0.4 is 5.32 Å². The molecular formula is C27H22ClFN4O2S. The van der Waals surface area contributed by atoms with Crippen LogP contribution in [0.2, 0.25) is 5.02 Å². The first-order valence-corrected chi connectivity index (χ1v) is 12.7. The van der Waals surface area contributed by atoms with Gasteiger partial charge in [-0.25, -0.2) is 9.40 Å². The molecule has 5 rings (SSSR count). The highest BCUT2D eigenvalue weighted by molar-refractivity contribution is 8.15. The average molecular weight is 521 g/mol.